The molecule has 66 valence electrons. The standard InChI is InChI=1S/C5H5N3O3.ClH/c6-3(9)2-1-8-5(11-2)4(7)10;/h1H,(H2,6,9)(H2,7,10);1H. The Morgan fingerprint density at radius 3 is 2.17 bits per heavy atom. The topological polar surface area (TPSA) is 112 Å². The summed E-state index contributed by atoms with van der Waals surface area (Å²) >= 11 is 0. The van der Waals surface area contributed by atoms with Crippen LogP contribution in [0.2, 0.25) is 0 Å². The monoisotopic (exact) mass is 191 g/mol. The predicted octanol–water partition coefficient (Wildman–Crippen LogP) is -0.706. The Morgan fingerprint density at radius 2 is 1.92 bits per heavy atom. The fourth-order valence-electron chi connectivity index (χ4n) is 0.502. The van der Waals surface area contributed by atoms with Gasteiger partial charge in [0.2, 0.25) is 5.76 Å². The third-order valence-electron chi connectivity index (χ3n) is 0.959. The highest BCUT2D eigenvalue weighted by Crippen LogP contribution is 2.00. The number of halogens is 1. The van der Waals surface area contributed by atoms with Crippen LogP contribution in [0.3, 0.4) is 0 Å². The number of rotatable bonds is 2. The molecule has 0 aliphatic rings. The normalized spacial score (nSPS) is 8.67. The number of carbonyl (C=O) groups excluding carboxylic acids is 2. The molecule has 0 spiro atoms. The highest BCUT2D eigenvalue weighted by molar-refractivity contribution is 5.92. The van der Waals surface area contributed by atoms with Crippen molar-refractivity contribution in [3.05, 3.63) is 17.8 Å². The Kier molecular flexibility index (Phi) is 3.24. The van der Waals surface area contributed by atoms with Crippen molar-refractivity contribution in [2.24, 2.45) is 11.5 Å². The van der Waals surface area contributed by atoms with E-state index in [1.807, 2.05) is 0 Å². The highest BCUT2D eigenvalue weighted by Gasteiger charge is 2.11. The van der Waals surface area contributed by atoms with Crippen LogP contribution in [0, 0.1) is 0 Å². The van der Waals surface area contributed by atoms with E-state index in [0.29, 0.717) is 0 Å². The lowest BCUT2D eigenvalue weighted by molar-refractivity contribution is 0.0947. The van der Waals surface area contributed by atoms with E-state index in [2.05, 4.69) is 9.40 Å². The zero-order valence-electron chi connectivity index (χ0n) is 5.81. The summed E-state index contributed by atoms with van der Waals surface area (Å²) in [5.74, 6) is -2.12. The molecule has 0 aliphatic heterocycles. The average molecular weight is 192 g/mol. The van der Waals surface area contributed by atoms with Crippen molar-refractivity contribution in [2.45, 2.75) is 0 Å². The summed E-state index contributed by atoms with van der Waals surface area (Å²) in [4.78, 5) is 24.1. The zero-order valence-corrected chi connectivity index (χ0v) is 6.63. The van der Waals surface area contributed by atoms with Gasteiger partial charge in [0.25, 0.3) is 11.8 Å². The second-order valence-electron chi connectivity index (χ2n) is 1.76. The molecule has 7 heteroatoms. The molecule has 0 saturated heterocycles. The molecule has 1 aromatic rings. The molecule has 0 bridgehead atoms. The van der Waals surface area contributed by atoms with Crippen LogP contribution < -0.4 is 11.5 Å². The molecule has 0 aromatic carbocycles. The molecule has 6 nitrogen and oxygen atoms in total. The third-order valence-corrected chi connectivity index (χ3v) is 0.959. The van der Waals surface area contributed by atoms with Gasteiger partial charge in [0, 0.05) is 0 Å². The summed E-state index contributed by atoms with van der Waals surface area (Å²) in [7, 11) is 0. The lowest BCUT2D eigenvalue weighted by Crippen LogP contribution is -2.12. The van der Waals surface area contributed by atoms with Crippen molar-refractivity contribution in [1.82, 2.24) is 4.98 Å². The van der Waals surface area contributed by atoms with Crippen LogP contribution in [-0.2, 0) is 0 Å². The van der Waals surface area contributed by atoms with Crippen molar-refractivity contribution in [3.63, 3.8) is 0 Å². The van der Waals surface area contributed by atoms with E-state index in [1.54, 1.807) is 0 Å². The first kappa shape index (κ1) is 10.4. The maximum atomic E-state index is 10.4. The maximum absolute atomic E-state index is 10.4. The van der Waals surface area contributed by atoms with E-state index in [-0.39, 0.29) is 24.1 Å². The summed E-state index contributed by atoms with van der Waals surface area (Å²) in [6.07, 6.45) is 1.04. The molecule has 4 N–H and O–H groups in total. The quantitative estimate of drug-likeness (QED) is 0.643. The molecule has 0 unspecified atom stereocenters. The molecule has 1 aromatic heterocycles. The van der Waals surface area contributed by atoms with E-state index in [4.69, 9.17) is 11.5 Å². The van der Waals surface area contributed by atoms with Crippen molar-refractivity contribution in [1.29, 1.82) is 0 Å². The summed E-state index contributed by atoms with van der Waals surface area (Å²) in [5, 5.41) is 0. The van der Waals surface area contributed by atoms with Crippen molar-refractivity contribution in [2.75, 3.05) is 0 Å². The zero-order chi connectivity index (χ0) is 8.43. The number of primary amides is 2. The first-order chi connectivity index (χ1) is 5.11. The van der Waals surface area contributed by atoms with Gasteiger partial charge in [0.15, 0.2) is 0 Å². The summed E-state index contributed by atoms with van der Waals surface area (Å²) in [6, 6.07) is 0. The highest BCUT2D eigenvalue weighted by atomic mass is 35.5. The maximum Gasteiger partial charge on any atom is 0.304 e. The molecular weight excluding hydrogens is 186 g/mol. The minimum atomic E-state index is -0.836. The molecule has 0 atom stereocenters. The van der Waals surface area contributed by atoms with Crippen molar-refractivity contribution >= 4 is 24.2 Å². The molecule has 0 aliphatic carbocycles. The van der Waals surface area contributed by atoms with Gasteiger partial charge in [-0.3, -0.25) is 9.59 Å². The predicted molar refractivity (Wildman–Crippen MR) is 40.8 cm³/mol. The molecular formula is C5H6ClN3O3. The molecule has 1 heterocycles. The molecule has 2 amide bonds. The van der Waals surface area contributed by atoms with Gasteiger partial charge >= 0.3 is 5.91 Å². The Bertz CT molecular complexity index is 280. The SMILES string of the molecule is Cl.NC(=O)c1cnc(C(N)=O)o1. The van der Waals surface area contributed by atoms with Gasteiger partial charge in [0.05, 0.1) is 6.20 Å². The first-order valence-corrected chi connectivity index (χ1v) is 2.66. The Labute approximate surface area is 73.3 Å². The van der Waals surface area contributed by atoms with Crippen LogP contribution in [0.15, 0.2) is 10.6 Å². The number of oxazole rings is 1. The van der Waals surface area contributed by atoms with Gasteiger partial charge in [-0.05, 0) is 0 Å². The van der Waals surface area contributed by atoms with E-state index in [9.17, 15) is 9.59 Å². The summed E-state index contributed by atoms with van der Waals surface area (Å²) in [6.45, 7) is 0. The van der Waals surface area contributed by atoms with Gasteiger partial charge in [-0.2, -0.15) is 0 Å². The smallest absolute Gasteiger partial charge is 0.304 e. The molecule has 0 radical (unpaired) electrons. The largest absolute Gasteiger partial charge is 0.427 e. The minimum absolute atomic E-state index is 0. The summed E-state index contributed by atoms with van der Waals surface area (Å²) < 4.78 is 4.55. The second-order valence-corrected chi connectivity index (χ2v) is 1.76. The van der Waals surface area contributed by atoms with E-state index < -0.39 is 11.8 Å². The van der Waals surface area contributed by atoms with Crippen LogP contribution >= 0.6 is 12.4 Å². The van der Waals surface area contributed by atoms with Gasteiger partial charge in [0.1, 0.15) is 0 Å². The van der Waals surface area contributed by atoms with Gasteiger partial charge < -0.3 is 15.9 Å². The fourth-order valence-corrected chi connectivity index (χ4v) is 0.502. The van der Waals surface area contributed by atoms with Crippen LogP contribution in [0.25, 0.3) is 0 Å². The van der Waals surface area contributed by atoms with E-state index >= 15 is 0 Å². The average Bonchev–Trinajstić information content (AvgIpc) is 2.33. The number of aromatic nitrogens is 1. The van der Waals surface area contributed by atoms with Crippen molar-refractivity contribution < 1.29 is 14.0 Å². The Hall–Kier alpha value is -1.56. The minimum Gasteiger partial charge on any atom is -0.427 e. The Balaban J connectivity index is 0.00000121. The third kappa shape index (κ3) is 1.96. The van der Waals surface area contributed by atoms with E-state index in [0.717, 1.165) is 6.20 Å². The molecule has 0 saturated carbocycles. The number of nitrogens with zero attached hydrogens (tertiary/aromatic N) is 1. The van der Waals surface area contributed by atoms with Gasteiger partial charge in [-0.25, -0.2) is 4.98 Å². The molecule has 12 heavy (non-hydrogen) atoms. The summed E-state index contributed by atoms with van der Waals surface area (Å²) in [5.41, 5.74) is 9.58. The van der Waals surface area contributed by atoms with Gasteiger partial charge in [-0.15, -0.1) is 12.4 Å². The number of hydrogen-bond donors (Lipinski definition) is 2. The molecule has 1 rings (SSSR count). The second kappa shape index (κ2) is 3.72. The van der Waals surface area contributed by atoms with Crippen LogP contribution in [0.5, 0.6) is 0 Å². The van der Waals surface area contributed by atoms with Crippen LogP contribution in [0.1, 0.15) is 21.2 Å². The molecule has 0 fully saturated rings. The lowest BCUT2D eigenvalue weighted by Gasteiger charge is -1.84. The number of hydrogen-bond acceptors (Lipinski definition) is 4. The van der Waals surface area contributed by atoms with Crippen molar-refractivity contribution in [3.8, 4) is 0 Å². The first-order valence-electron chi connectivity index (χ1n) is 2.66. The van der Waals surface area contributed by atoms with Gasteiger partial charge in [-0.1, -0.05) is 0 Å². The lowest BCUT2D eigenvalue weighted by atomic mass is 10.5. The Morgan fingerprint density at radius 1 is 1.33 bits per heavy atom. The number of amides is 2. The number of nitrogens with two attached hydrogens (primary N) is 2. The fraction of sp³-hybridized carbons (Fsp3) is 0. The number of carbonyl (C=O) groups is 2. The van der Waals surface area contributed by atoms with E-state index in [1.165, 1.54) is 0 Å². The van der Waals surface area contributed by atoms with Crippen LogP contribution in [0.4, 0.5) is 0 Å². The van der Waals surface area contributed by atoms with Crippen LogP contribution in [-0.4, -0.2) is 16.8 Å².